The number of sulfonamides is 1. The molecule has 8 heteroatoms. The number of rotatable bonds is 3. The van der Waals surface area contributed by atoms with Crippen LogP contribution in [0.5, 0.6) is 0 Å². The van der Waals surface area contributed by atoms with Gasteiger partial charge in [0.1, 0.15) is 0 Å². The fraction of sp³-hybridized carbons (Fsp3) is 0.538. The van der Waals surface area contributed by atoms with Crippen LogP contribution in [0.4, 0.5) is 18.9 Å². The number of hydrogen-bond acceptors (Lipinski definition) is 3. The number of primary sulfonamides is 1. The summed E-state index contributed by atoms with van der Waals surface area (Å²) in [5.74, 6) is -1.30. The minimum Gasteiger partial charge on any atom is -0.382 e. The molecule has 1 fully saturated rings. The molecule has 118 valence electrons. The van der Waals surface area contributed by atoms with Crippen molar-refractivity contribution in [2.75, 3.05) is 5.32 Å². The largest absolute Gasteiger partial charge is 0.391 e. The molecule has 0 radical (unpaired) electrons. The molecule has 0 heterocycles. The molecule has 1 aromatic rings. The summed E-state index contributed by atoms with van der Waals surface area (Å²) in [6.07, 6.45) is -2.90. The second kappa shape index (κ2) is 5.84. The van der Waals surface area contributed by atoms with Gasteiger partial charge in [0.2, 0.25) is 10.0 Å². The Morgan fingerprint density at radius 2 is 1.95 bits per heavy atom. The van der Waals surface area contributed by atoms with Gasteiger partial charge in [-0.3, -0.25) is 0 Å². The van der Waals surface area contributed by atoms with Gasteiger partial charge in [-0.15, -0.1) is 0 Å². The summed E-state index contributed by atoms with van der Waals surface area (Å²) < 4.78 is 60.8. The average molecular weight is 322 g/mol. The lowest BCUT2D eigenvalue weighted by molar-refractivity contribution is -0.182. The summed E-state index contributed by atoms with van der Waals surface area (Å²) in [5, 5.41) is 8.01. The summed E-state index contributed by atoms with van der Waals surface area (Å²) in [5.41, 5.74) is 0.467. The maximum atomic E-state index is 12.8. The number of nitrogens with one attached hydrogen (secondary N) is 1. The number of benzene rings is 1. The van der Waals surface area contributed by atoms with Crippen LogP contribution in [0.3, 0.4) is 0 Å². The van der Waals surface area contributed by atoms with E-state index in [0.717, 1.165) is 0 Å². The van der Waals surface area contributed by atoms with Crippen LogP contribution < -0.4 is 10.5 Å². The second-order valence-corrected chi connectivity index (χ2v) is 6.88. The molecule has 2 atom stereocenters. The van der Waals surface area contributed by atoms with Crippen molar-refractivity contribution in [3.05, 3.63) is 24.3 Å². The van der Waals surface area contributed by atoms with Gasteiger partial charge >= 0.3 is 6.18 Å². The van der Waals surface area contributed by atoms with Gasteiger partial charge in [0.15, 0.2) is 0 Å². The Bertz CT molecular complexity index is 602. The van der Waals surface area contributed by atoms with Gasteiger partial charge in [0, 0.05) is 11.7 Å². The topological polar surface area (TPSA) is 72.2 Å². The summed E-state index contributed by atoms with van der Waals surface area (Å²) >= 11 is 0. The van der Waals surface area contributed by atoms with Crippen molar-refractivity contribution in [3.63, 3.8) is 0 Å². The van der Waals surface area contributed by atoms with E-state index < -0.39 is 22.1 Å². The van der Waals surface area contributed by atoms with E-state index in [1.54, 1.807) is 6.07 Å². The Kier molecular flexibility index (Phi) is 4.48. The van der Waals surface area contributed by atoms with E-state index in [4.69, 9.17) is 5.14 Å². The number of hydrogen-bond donors (Lipinski definition) is 2. The van der Waals surface area contributed by atoms with Crippen LogP contribution in [0, 0.1) is 5.92 Å². The Labute approximate surface area is 121 Å². The highest BCUT2D eigenvalue weighted by Crippen LogP contribution is 2.38. The van der Waals surface area contributed by atoms with Crippen LogP contribution in [-0.2, 0) is 10.0 Å². The van der Waals surface area contributed by atoms with E-state index in [-0.39, 0.29) is 23.8 Å². The third kappa shape index (κ3) is 4.34. The molecule has 0 saturated heterocycles. The minimum absolute atomic E-state index is 0.00308. The predicted molar refractivity (Wildman–Crippen MR) is 73.2 cm³/mol. The third-order valence-electron chi connectivity index (χ3n) is 3.67. The van der Waals surface area contributed by atoms with E-state index in [0.29, 0.717) is 18.5 Å². The molecular formula is C13H17F3N2O2S. The van der Waals surface area contributed by atoms with Gasteiger partial charge in [-0.25, -0.2) is 13.6 Å². The summed E-state index contributed by atoms with van der Waals surface area (Å²) in [4.78, 5) is -0.0596. The first-order chi connectivity index (χ1) is 9.66. The average Bonchev–Trinajstić information content (AvgIpc) is 2.37. The highest BCUT2D eigenvalue weighted by atomic mass is 32.2. The molecule has 0 aliphatic heterocycles. The molecule has 1 aliphatic carbocycles. The minimum atomic E-state index is -4.18. The number of anilines is 1. The van der Waals surface area contributed by atoms with E-state index in [9.17, 15) is 21.6 Å². The Morgan fingerprint density at radius 1 is 1.24 bits per heavy atom. The fourth-order valence-electron chi connectivity index (χ4n) is 2.62. The van der Waals surface area contributed by atoms with Crippen molar-refractivity contribution < 1.29 is 21.6 Å². The highest BCUT2D eigenvalue weighted by Gasteiger charge is 2.42. The Morgan fingerprint density at radius 3 is 2.57 bits per heavy atom. The van der Waals surface area contributed by atoms with Crippen molar-refractivity contribution >= 4 is 15.7 Å². The van der Waals surface area contributed by atoms with Crippen molar-refractivity contribution in [1.82, 2.24) is 0 Å². The van der Waals surface area contributed by atoms with E-state index in [1.165, 1.54) is 18.2 Å². The molecule has 3 N–H and O–H groups in total. The van der Waals surface area contributed by atoms with Crippen molar-refractivity contribution in [3.8, 4) is 0 Å². The first-order valence-corrected chi connectivity index (χ1v) is 8.17. The van der Waals surface area contributed by atoms with Gasteiger partial charge < -0.3 is 5.32 Å². The molecule has 1 saturated carbocycles. The maximum absolute atomic E-state index is 12.8. The van der Waals surface area contributed by atoms with Gasteiger partial charge in [-0.05, 0) is 37.5 Å². The van der Waals surface area contributed by atoms with Crippen molar-refractivity contribution in [2.45, 2.75) is 42.8 Å². The maximum Gasteiger partial charge on any atom is 0.391 e. The monoisotopic (exact) mass is 322 g/mol. The zero-order valence-electron chi connectivity index (χ0n) is 11.2. The molecule has 2 unspecified atom stereocenters. The van der Waals surface area contributed by atoms with Crippen LogP contribution in [0.15, 0.2) is 29.2 Å². The van der Waals surface area contributed by atoms with Gasteiger partial charge in [-0.1, -0.05) is 12.5 Å². The highest BCUT2D eigenvalue weighted by molar-refractivity contribution is 7.89. The van der Waals surface area contributed by atoms with Crippen LogP contribution in [0.2, 0.25) is 0 Å². The molecule has 2 rings (SSSR count). The molecule has 0 amide bonds. The quantitative estimate of drug-likeness (QED) is 0.899. The van der Waals surface area contributed by atoms with E-state index in [1.807, 2.05) is 0 Å². The lowest BCUT2D eigenvalue weighted by atomic mass is 9.85. The summed E-state index contributed by atoms with van der Waals surface area (Å²) in [7, 11) is -3.82. The van der Waals surface area contributed by atoms with Crippen LogP contribution in [0.25, 0.3) is 0 Å². The zero-order chi connectivity index (χ0) is 15.7. The lowest BCUT2D eigenvalue weighted by Crippen LogP contribution is -2.34. The third-order valence-corrected chi connectivity index (χ3v) is 4.58. The standard InChI is InChI=1S/C13H17F3N2O2S/c14-13(15,16)9-3-1-4-10(7-9)18-11-5-2-6-12(8-11)21(17,19)20/h2,5-6,8-10,18H,1,3-4,7H2,(H2,17,19,20). The van der Waals surface area contributed by atoms with Gasteiger partial charge in [-0.2, -0.15) is 13.2 Å². The first kappa shape index (κ1) is 16.1. The molecule has 4 nitrogen and oxygen atoms in total. The normalized spacial score (nSPS) is 23.8. The molecule has 0 bridgehead atoms. The van der Waals surface area contributed by atoms with Crippen LogP contribution in [0.1, 0.15) is 25.7 Å². The van der Waals surface area contributed by atoms with Gasteiger partial charge in [0.25, 0.3) is 0 Å². The fourth-order valence-corrected chi connectivity index (χ4v) is 3.18. The summed E-state index contributed by atoms with van der Waals surface area (Å²) in [6.45, 7) is 0. The smallest absolute Gasteiger partial charge is 0.382 e. The Balaban J connectivity index is 2.08. The van der Waals surface area contributed by atoms with Crippen molar-refractivity contribution in [2.24, 2.45) is 11.1 Å². The molecule has 1 aromatic carbocycles. The van der Waals surface area contributed by atoms with Gasteiger partial charge in [0.05, 0.1) is 10.8 Å². The SMILES string of the molecule is NS(=O)(=O)c1cccc(NC2CCCC(C(F)(F)F)C2)c1. The molecule has 0 spiro atoms. The number of alkyl halides is 3. The Hall–Kier alpha value is -1.28. The number of nitrogens with two attached hydrogens (primary N) is 1. The van der Waals surface area contributed by atoms with Crippen LogP contribution in [-0.4, -0.2) is 20.6 Å². The molecule has 21 heavy (non-hydrogen) atoms. The predicted octanol–water partition coefficient (Wildman–Crippen LogP) is 2.87. The first-order valence-electron chi connectivity index (χ1n) is 6.62. The van der Waals surface area contributed by atoms with Crippen molar-refractivity contribution in [1.29, 1.82) is 0 Å². The zero-order valence-corrected chi connectivity index (χ0v) is 12.0. The number of halogens is 3. The van der Waals surface area contributed by atoms with E-state index in [2.05, 4.69) is 5.32 Å². The lowest BCUT2D eigenvalue weighted by Gasteiger charge is -2.31. The molecule has 1 aliphatic rings. The van der Waals surface area contributed by atoms with Crippen LogP contribution >= 0.6 is 0 Å². The van der Waals surface area contributed by atoms with E-state index >= 15 is 0 Å². The molecule has 0 aromatic heterocycles. The second-order valence-electron chi connectivity index (χ2n) is 5.32. The summed E-state index contributed by atoms with van der Waals surface area (Å²) in [6, 6.07) is 5.49. The molecular weight excluding hydrogens is 305 g/mol.